The highest BCUT2D eigenvalue weighted by molar-refractivity contribution is 5.41. The van der Waals surface area contributed by atoms with Crippen LogP contribution in [0, 0.1) is 13.8 Å². The lowest BCUT2D eigenvalue weighted by molar-refractivity contribution is 1.08. The maximum Gasteiger partial charge on any atom is 0.0529 e. The molecular weight excluding hydrogens is 198 g/mol. The number of pyridine rings is 2. The summed E-state index contributed by atoms with van der Waals surface area (Å²) >= 11 is 0. The van der Waals surface area contributed by atoms with E-state index < -0.39 is 0 Å². The number of aryl methyl sites for hydroxylation is 2. The minimum absolute atomic E-state index is 0.776. The zero-order valence-corrected chi connectivity index (χ0v) is 9.57. The van der Waals surface area contributed by atoms with Crippen LogP contribution < -0.4 is 5.32 Å². The normalized spacial score (nSPS) is 10.1. The largest absolute Gasteiger partial charge is 0.380 e. The van der Waals surface area contributed by atoms with Crippen LogP contribution in [0.5, 0.6) is 0 Å². The second kappa shape index (κ2) is 4.75. The van der Waals surface area contributed by atoms with E-state index in [0.717, 1.165) is 23.6 Å². The van der Waals surface area contributed by atoms with Gasteiger partial charge >= 0.3 is 0 Å². The van der Waals surface area contributed by atoms with Gasteiger partial charge in [-0.2, -0.15) is 0 Å². The number of nitrogens with one attached hydrogen (secondary N) is 1. The molecule has 0 amide bonds. The summed E-state index contributed by atoms with van der Waals surface area (Å²) in [5, 5.41) is 3.31. The van der Waals surface area contributed by atoms with Gasteiger partial charge in [0.1, 0.15) is 0 Å². The molecule has 3 nitrogen and oxygen atoms in total. The number of aromatic nitrogens is 2. The van der Waals surface area contributed by atoms with Crippen LogP contribution in [0.25, 0.3) is 0 Å². The lowest BCUT2D eigenvalue weighted by atomic mass is 10.2. The molecule has 0 aliphatic carbocycles. The van der Waals surface area contributed by atoms with Crippen LogP contribution in [-0.2, 0) is 6.54 Å². The van der Waals surface area contributed by atoms with E-state index in [0.29, 0.717) is 0 Å². The number of hydrogen-bond acceptors (Lipinski definition) is 3. The molecule has 3 heteroatoms. The highest BCUT2D eigenvalue weighted by atomic mass is 14.9. The summed E-state index contributed by atoms with van der Waals surface area (Å²) in [7, 11) is 0. The Morgan fingerprint density at radius 2 is 1.62 bits per heavy atom. The van der Waals surface area contributed by atoms with Crippen molar-refractivity contribution in [3.8, 4) is 0 Å². The predicted octanol–water partition coefficient (Wildman–Crippen LogP) is 2.71. The van der Waals surface area contributed by atoms with Gasteiger partial charge in [-0.1, -0.05) is 6.07 Å². The smallest absolute Gasteiger partial charge is 0.0529 e. The van der Waals surface area contributed by atoms with Gasteiger partial charge in [0, 0.05) is 24.1 Å². The van der Waals surface area contributed by atoms with E-state index in [1.807, 2.05) is 44.4 Å². The van der Waals surface area contributed by atoms with Gasteiger partial charge in [-0.05, 0) is 37.6 Å². The molecule has 0 bridgehead atoms. The van der Waals surface area contributed by atoms with E-state index in [2.05, 4.69) is 21.4 Å². The Hall–Kier alpha value is -1.90. The third-order valence-corrected chi connectivity index (χ3v) is 2.38. The van der Waals surface area contributed by atoms with Gasteiger partial charge in [0.25, 0.3) is 0 Å². The Labute approximate surface area is 95.6 Å². The zero-order valence-electron chi connectivity index (χ0n) is 9.57. The minimum Gasteiger partial charge on any atom is -0.380 e. The van der Waals surface area contributed by atoms with Crippen molar-refractivity contribution in [3.05, 3.63) is 53.6 Å². The Morgan fingerprint density at radius 3 is 2.19 bits per heavy atom. The van der Waals surface area contributed by atoms with Gasteiger partial charge in [0.15, 0.2) is 0 Å². The minimum atomic E-state index is 0.776. The van der Waals surface area contributed by atoms with Gasteiger partial charge in [0.2, 0.25) is 0 Å². The van der Waals surface area contributed by atoms with E-state index >= 15 is 0 Å². The first-order chi connectivity index (χ1) is 7.74. The fraction of sp³-hybridized carbons (Fsp3) is 0.231. The van der Waals surface area contributed by atoms with Crippen LogP contribution in [0.3, 0.4) is 0 Å². The summed E-state index contributed by atoms with van der Waals surface area (Å²) in [4.78, 5) is 8.48. The maximum absolute atomic E-state index is 4.25. The van der Waals surface area contributed by atoms with Gasteiger partial charge in [0.05, 0.1) is 11.9 Å². The first-order valence-corrected chi connectivity index (χ1v) is 5.32. The molecular formula is C13H15N3. The second-order valence-corrected chi connectivity index (χ2v) is 3.85. The number of anilines is 1. The van der Waals surface area contributed by atoms with Crippen molar-refractivity contribution in [2.45, 2.75) is 20.4 Å². The van der Waals surface area contributed by atoms with Crippen molar-refractivity contribution >= 4 is 5.69 Å². The highest BCUT2D eigenvalue weighted by Crippen LogP contribution is 2.08. The first kappa shape index (κ1) is 10.6. The van der Waals surface area contributed by atoms with Crippen LogP contribution in [-0.4, -0.2) is 9.97 Å². The SMILES string of the molecule is Cc1ccc(CNc2ccc(C)nc2)cn1. The Morgan fingerprint density at radius 1 is 0.938 bits per heavy atom. The molecule has 0 radical (unpaired) electrons. The van der Waals surface area contributed by atoms with Crippen molar-refractivity contribution in [1.82, 2.24) is 9.97 Å². The first-order valence-electron chi connectivity index (χ1n) is 5.32. The topological polar surface area (TPSA) is 37.8 Å². The second-order valence-electron chi connectivity index (χ2n) is 3.85. The molecule has 0 aliphatic heterocycles. The summed E-state index contributed by atoms with van der Waals surface area (Å²) in [6.45, 7) is 4.74. The molecule has 1 N–H and O–H groups in total. The van der Waals surface area contributed by atoms with Gasteiger partial charge < -0.3 is 5.32 Å². The van der Waals surface area contributed by atoms with Gasteiger partial charge in [-0.15, -0.1) is 0 Å². The van der Waals surface area contributed by atoms with Crippen molar-refractivity contribution in [2.75, 3.05) is 5.32 Å². The maximum atomic E-state index is 4.25. The predicted molar refractivity (Wildman–Crippen MR) is 65.3 cm³/mol. The van der Waals surface area contributed by atoms with Crippen LogP contribution in [0.15, 0.2) is 36.7 Å². The summed E-state index contributed by atoms with van der Waals surface area (Å²) in [6.07, 6.45) is 3.74. The molecule has 0 fully saturated rings. The third-order valence-electron chi connectivity index (χ3n) is 2.38. The number of rotatable bonds is 3. The van der Waals surface area contributed by atoms with Crippen molar-refractivity contribution in [2.24, 2.45) is 0 Å². The Bertz CT molecular complexity index is 400. The molecule has 82 valence electrons. The highest BCUT2D eigenvalue weighted by Gasteiger charge is 1.95. The van der Waals surface area contributed by atoms with E-state index in [9.17, 15) is 0 Å². The molecule has 2 rings (SSSR count). The van der Waals surface area contributed by atoms with Crippen LogP contribution in [0.2, 0.25) is 0 Å². The molecule has 2 heterocycles. The lowest BCUT2D eigenvalue weighted by Crippen LogP contribution is -2.00. The molecule has 2 aromatic rings. The third kappa shape index (κ3) is 2.79. The average molecular weight is 213 g/mol. The van der Waals surface area contributed by atoms with E-state index in [-0.39, 0.29) is 0 Å². The molecule has 0 atom stereocenters. The molecule has 0 spiro atoms. The van der Waals surface area contributed by atoms with Crippen LogP contribution in [0.4, 0.5) is 5.69 Å². The fourth-order valence-electron chi connectivity index (χ4n) is 1.38. The van der Waals surface area contributed by atoms with E-state index in [4.69, 9.17) is 0 Å². The summed E-state index contributed by atoms with van der Waals surface area (Å²) in [5.41, 5.74) is 4.28. The molecule has 16 heavy (non-hydrogen) atoms. The summed E-state index contributed by atoms with van der Waals surface area (Å²) in [5.74, 6) is 0. The fourth-order valence-corrected chi connectivity index (χ4v) is 1.38. The molecule has 0 saturated carbocycles. The molecule has 0 aromatic carbocycles. The van der Waals surface area contributed by atoms with E-state index in [1.54, 1.807) is 0 Å². The summed E-state index contributed by atoms with van der Waals surface area (Å²) in [6, 6.07) is 8.13. The van der Waals surface area contributed by atoms with Gasteiger partial charge in [-0.25, -0.2) is 0 Å². The number of hydrogen-bond donors (Lipinski definition) is 1. The molecule has 2 aromatic heterocycles. The monoisotopic (exact) mass is 213 g/mol. The molecule has 0 saturated heterocycles. The Kier molecular flexibility index (Phi) is 3.15. The lowest BCUT2D eigenvalue weighted by Gasteiger charge is -2.06. The van der Waals surface area contributed by atoms with Crippen molar-refractivity contribution in [3.63, 3.8) is 0 Å². The van der Waals surface area contributed by atoms with E-state index in [1.165, 1.54) is 5.56 Å². The Balaban J connectivity index is 1.97. The average Bonchev–Trinajstić information content (AvgIpc) is 2.30. The zero-order chi connectivity index (χ0) is 11.4. The van der Waals surface area contributed by atoms with Crippen LogP contribution >= 0.6 is 0 Å². The molecule has 0 unspecified atom stereocenters. The van der Waals surface area contributed by atoms with Crippen LogP contribution in [0.1, 0.15) is 17.0 Å². The molecule has 0 aliphatic rings. The van der Waals surface area contributed by atoms with Crippen molar-refractivity contribution in [1.29, 1.82) is 0 Å². The summed E-state index contributed by atoms with van der Waals surface area (Å²) < 4.78 is 0. The van der Waals surface area contributed by atoms with Gasteiger partial charge in [-0.3, -0.25) is 9.97 Å². The standard InChI is InChI=1S/C13H15N3/c1-10-3-5-12(7-14-10)8-16-13-6-4-11(2)15-9-13/h3-7,9,16H,8H2,1-2H3. The quantitative estimate of drug-likeness (QED) is 0.851. The van der Waals surface area contributed by atoms with Crippen molar-refractivity contribution < 1.29 is 0 Å². The number of nitrogens with zero attached hydrogens (tertiary/aromatic N) is 2.